The SMILES string of the molecule is CC1CCCCN1CC1C(=O)O[C@@H]2C[C@@]3(C)CCC[C@]4(CO4)C3C[C@H]12. The number of epoxide rings is 1. The maximum Gasteiger partial charge on any atom is 0.310 e. The van der Waals surface area contributed by atoms with Gasteiger partial charge in [-0.3, -0.25) is 9.69 Å². The molecule has 4 nitrogen and oxygen atoms in total. The monoisotopic (exact) mass is 347 g/mol. The summed E-state index contributed by atoms with van der Waals surface area (Å²) in [7, 11) is 0. The molecule has 3 heterocycles. The summed E-state index contributed by atoms with van der Waals surface area (Å²) in [6.45, 7) is 7.77. The number of carbonyl (C=O) groups is 1. The fourth-order valence-electron chi connectivity index (χ4n) is 6.85. The zero-order valence-electron chi connectivity index (χ0n) is 15.8. The van der Waals surface area contributed by atoms with Gasteiger partial charge in [-0.1, -0.05) is 13.3 Å². The first-order chi connectivity index (χ1) is 12.0. The summed E-state index contributed by atoms with van der Waals surface area (Å²) in [5.74, 6) is 1.22. The Bertz CT molecular complexity index is 559. The first-order valence-electron chi connectivity index (χ1n) is 10.6. The summed E-state index contributed by atoms with van der Waals surface area (Å²) in [5.41, 5.74) is 0.468. The van der Waals surface area contributed by atoms with E-state index in [0.717, 1.165) is 32.5 Å². The lowest BCUT2D eigenvalue weighted by atomic mass is 9.53. The zero-order chi connectivity index (χ0) is 17.2. The predicted octanol–water partition coefficient (Wildman–Crippen LogP) is 3.39. The molecule has 7 atom stereocenters. The quantitative estimate of drug-likeness (QED) is 0.567. The molecule has 0 N–H and O–H groups in total. The lowest BCUT2D eigenvalue weighted by Crippen LogP contribution is -2.51. The smallest absolute Gasteiger partial charge is 0.310 e. The number of ether oxygens (including phenoxy) is 2. The number of rotatable bonds is 2. The van der Waals surface area contributed by atoms with Gasteiger partial charge in [-0.05, 0) is 69.7 Å². The van der Waals surface area contributed by atoms with Crippen LogP contribution in [-0.4, -0.2) is 48.3 Å². The predicted molar refractivity (Wildman–Crippen MR) is 95.1 cm³/mol. The summed E-state index contributed by atoms with van der Waals surface area (Å²) in [5, 5.41) is 0. The molecular weight excluding hydrogens is 314 g/mol. The van der Waals surface area contributed by atoms with Crippen LogP contribution in [0.2, 0.25) is 0 Å². The van der Waals surface area contributed by atoms with Gasteiger partial charge in [0.15, 0.2) is 0 Å². The second-order valence-corrected chi connectivity index (χ2v) is 9.94. The van der Waals surface area contributed by atoms with Crippen LogP contribution in [0.4, 0.5) is 0 Å². The number of piperidine rings is 1. The first-order valence-corrected chi connectivity index (χ1v) is 10.6. The third kappa shape index (κ3) is 2.58. The largest absolute Gasteiger partial charge is 0.462 e. The van der Waals surface area contributed by atoms with Gasteiger partial charge in [-0.15, -0.1) is 0 Å². The minimum atomic E-state index is 0.0841. The van der Waals surface area contributed by atoms with Crippen LogP contribution in [0.5, 0.6) is 0 Å². The van der Waals surface area contributed by atoms with Crippen LogP contribution >= 0.6 is 0 Å². The van der Waals surface area contributed by atoms with E-state index in [2.05, 4.69) is 18.7 Å². The number of esters is 1. The molecule has 5 fully saturated rings. The Morgan fingerprint density at radius 3 is 2.84 bits per heavy atom. The van der Waals surface area contributed by atoms with Crippen molar-refractivity contribution in [1.29, 1.82) is 0 Å². The number of hydrogen-bond acceptors (Lipinski definition) is 4. The van der Waals surface area contributed by atoms with Crippen molar-refractivity contribution in [2.75, 3.05) is 19.7 Å². The second-order valence-electron chi connectivity index (χ2n) is 9.94. The number of hydrogen-bond donors (Lipinski definition) is 0. The van der Waals surface area contributed by atoms with Crippen molar-refractivity contribution >= 4 is 5.97 Å². The molecule has 0 bridgehead atoms. The normalized spacial score (nSPS) is 52.6. The first kappa shape index (κ1) is 16.6. The molecule has 1 spiro atoms. The zero-order valence-corrected chi connectivity index (χ0v) is 15.8. The Labute approximate surface area is 151 Å². The van der Waals surface area contributed by atoms with Crippen LogP contribution in [-0.2, 0) is 14.3 Å². The van der Waals surface area contributed by atoms with Crippen molar-refractivity contribution in [1.82, 2.24) is 4.90 Å². The third-order valence-corrected chi connectivity index (χ3v) is 8.45. The molecule has 2 aliphatic carbocycles. The van der Waals surface area contributed by atoms with Gasteiger partial charge in [0.05, 0.1) is 18.1 Å². The molecule has 0 aromatic heterocycles. The Kier molecular flexibility index (Phi) is 3.77. The van der Waals surface area contributed by atoms with Crippen LogP contribution in [0.15, 0.2) is 0 Å². The van der Waals surface area contributed by atoms with E-state index in [-0.39, 0.29) is 23.6 Å². The van der Waals surface area contributed by atoms with Crippen LogP contribution in [0.25, 0.3) is 0 Å². The molecule has 0 aromatic carbocycles. The van der Waals surface area contributed by atoms with E-state index in [9.17, 15) is 4.79 Å². The molecule has 4 heteroatoms. The Hall–Kier alpha value is -0.610. The topological polar surface area (TPSA) is 42.1 Å². The van der Waals surface area contributed by atoms with Crippen LogP contribution < -0.4 is 0 Å². The van der Waals surface area contributed by atoms with Crippen LogP contribution in [0.1, 0.15) is 65.2 Å². The highest BCUT2D eigenvalue weighted by Crippen LogP contribution is 2.62. The van der Waals surface area contributed by atoms with E-state index < -0.39 is 0 Å². The van der Waals surface area contributed by atoms with E-state index in [1.807, 2.05) is 0 Å². The lowest BCUT2D eigenvalue weighted by molar-refractivity contribution is -0.147. The summed E-state index contributed by atoms with van der Waals surface area (Å²) in [4.78, 5) is 15.3. The molecule has 5 aliphatic rings. The summed E-state index contributed by atoms with van der Waals surface area (Å²) >= 11 is 0. The van der Waals surface area contributed by atoms with Crippen molar-refractivity contribution in [3.05, 3.63) is 0 Å². The number of nitrogens with zero attached hydrogens (tertiary/aromatic N) is 1. The summed E-state index contributed by atoms with van der Waals surface area (Å²) in [6.07, 6.45) is 10.0. The second kappa shape index (κ2) is 5.69. The third-order valence-electron chi connectivity index (χ3n) is 8.45. The Balaban J connectivity index is 1.36. The van der Waals surface area contributed by atoms with Crippen molar-refractivity contribution in [2.24, 2.45) is 23.2 Å². The van der Waals surface area contributed by atoms with E-state index >= 15 is 0 Å². The molecule has 0 aromatic rings. The van der Waals surface area contributed by atoms with E-state index in [4.69, 9.17) is 9.47 Å². The molecule has 3 saturated heterocycles. The molecule has 140 valence electrons. The number of fused-ring (bicyclic) bond motifs is 3. The fraction of sp³-hybridized carbons (Fsp3) is 0.952. The average molecular weight is 347 g/mol. The molecule has 0 radical (unpaired) electrons. The Morgan fingerprint density at radius 2 is 2.08 bits per heavy atom. The number of carbonyl (C=O) groups excluding carboxylic acids is 1. The van der Waals surface area contributed by atoms with Gasteiger partial charge in [-0.2, -0.15) is 0 Å². The number of likely N-dealkylation sites (tertiary alicyclic amines) is 1. The fourth-order valence-corrected chi connectivity index (χ4v) is 6.85. The minimum Gasteiger partial charge on any atom is -0.462 e. The van der Waals surface area contributed by atoms with Gasteiger partial charge in [0.2, 0.25) is 0 Å². The maximum absolute atomic E-state index is 12.7. The minimum absolute atomic E-state index is 0.0841. The molecule has 2 saturated carbocycles. The maximum atomic E-state index is 12.7. The molecule has 0 amide bonds. The van der Waals surface area contributed by atoms with Crippen molar-refractivity contribution < 1.29 is 14.3 Å². The summed E-state index contributed by atoms with van der Waals surface area (Å²) < 4.78 is 12.0. The van der Waals surface area contributed by atoms with Gasteiger partial charge in [-0.25, -0.2) is 0 Å². The molecule has 25 heavy (non-hydrogen) atoms. The van der Waals surface area contributed by atoms with E-state index in [1.54, 1.807) is 0 Å². The van der Waals surface area contributed by atoms with Crippen molar-refractivity contribution in [3.8, 4) is 0 Å². The van der Waals surface area contributed by atoms with E-state index in [0.29, 0.717) is 23.3 Å². The summed E-state index contributed by atoms with van der Waals surface area (Å²) in [6, 6.07) is 0.613. The highest BCUT2D eigenvalue weighted by atomic mass is 16.6. The lowest BCUT2D eigenvalue weighted by Gasteiger charge is -2.51. The highest BCUT2D eigenvalue weighted by molar-refractivity contribution is 5.75. The molecule has 3 aliphatic heterocycles. The average Bonchev–Trinajstić information content (AvgIpc) is 3.27. The van der Waals surface area contributed by atoms with Gasteiger partial charge in [0.1, 0.15) is 6.10 Å². The Morgan fingerprint density at radius 1 is 1.24 bits per heavy atom. The van der Waals surface area contributed by atoms with E-state index in [1.165, 1.54) is 38.5 Å². The van der Waals surface area contributed by atoms with Crippen LogP contribution in [0, 0.1) is 23.2 Å². The molecular formula is C21H33NO3. The van der Waals surface area contributed by atoms with Crippen molar-refractivity contribution in [2.45, 2.75) is 83.0 Å². The van der Waals surface area contributed by atoms with Gasteiger partial charge in [0.25, 0.3) is 0 Å². The highest BCUT2D eigenvalue weighted by Gasteiger charge is 2.65. The molecule has 5 rings (SSSR count). The van der Waals surface area contributed by atoms with Gasteiger partial charge < -0.3 is 9.47 Å². The standard InChI is InChI=1S/C21H33NO3/c1-14-6-3-4-9-22(14)12-16-15-10-18-20(2,11-17(15)25-19(16)23)7-5-8-21(18)13-24-21/h14-18H,3-13H2,1-2H3/t14?,15-,16?,17-,18?,20-,21+/m1/s1. The van der Waals surface area contributed by atoms with Crippen molar-refractivity contribution in [3.63, 3.8) is 0 Å². The van der Waals surface area contributed by atoms with Gasteiger partial charge in [0, 0.05) is 18.5 Å². The molecule has 3 unspecified atom stereocenters. The van der Waals surface area contributed by atoms with Crippen LogP contribution in [0.3, 0.4) is 0 Å². The van der Waals surface area contributed by atoms with Gasteiger partial charge >= 0.3 is 5.97 Å².